The van der Waals surface area contributed by atoms with Crippen molar-refractivity contribution >= 4 is 0 Å². The fourth-order valence-electron chi connectivity index (χ4n) is 2.54. The standard InChI is InChI=1S/C16H25NO/c1-14-7-10-17(11-8-14)12-9-15-3-5-16(6-4-15)13-18-2/h3-6,14H,7-13H2,1-2H3. The number of methoxy groups -OCH3 is 1. The summed E-state index contributed by atoms with van der Waals surface area (Å²) in [5.41, 5.74) is 2.70. The molecule has 0 bridgehead atoms. The van der Waals surface area contributed by atoms with Crippen LogP contribution in [0.3, 0.4) is 0 Å². The number of nitrogens with zero attached hydrogens (tertiary/aromatic N) is 1. The second kappa shape index (κ2) is 6.91. The lowest BCUT2D eigenvalue weighted by Gasteiger charge is -2.30. The summed E-state index contributed by atoms with van der Waals surface area (Å²) in [4.78, 5) is 2.60. The van der Waals surface area contributed by atoms with Crippen LogP contribution in [0, 0.1) is 5.92 Å². The molecule has 2 nitrogen and oxygen atoms in total. The Morgan fingerprint density at radius 3 is 2.33 bits per heavy atom. The van der Waals surface area contributed by atoms with E-state index in [2.05, 4.69) is 36.1 Å². The molecule has 1 saturated heterocycles. The van der Waals surface area contributed by atoms with E-state index in [1.54, 1.807) is 7.11 Å². The summed E-state index contributed by atoms with van der Waals surface area (Å²) in [5.74, 6) is 0.926. The Balaban J connectivity index is 1.76. The predicted molar refractivity (Wildman–Crippen MR) is 75.7 cm³/mol. The van der Waals surface area contributed by atoms with Gasteiger partial charge in [-0.3, -0.25) is 0 Å². The van der Waals surface area contributed by atoms with Crippen LogP contribution in [0.4, 0.5) is 0 Å². The van der Waals surface area contributed by atoms with Gasteiger partial charge in [0.1, 0.15) is 0 Å². The van der Waals surface area contributed by atoms with Gasteiger partial charge in [-0.25, -0.2) is 0 Å². The summed E-state index contributed by atoms with van der Waals surface area (Å²) in [6.07, 6.45) is 3.90. The van der Waals surface area contributed by atoms with Gasteiger partial charge in [0.15, 0.2) is 0 Å². The van der Waals surface area contributed by atoms with Gasteiger partial charge in [0, 0.05) is 13.7 Å². The monoisotopic (exact) mass is 247 g/mol. The fraction of sp³-hybridized carbons (Fsp3) is 0.625. The SMILES string of the molecule is COCc1ccc(CCN2CCC(C)CC2)cc1. The number of ether oxygens (including phenoxy) is 1. The molecule has 0 saturated carbocycles. The Kier molecular flexibility index (Phi) is 5.21. The number of piperidine rings is 1. The topological polar surface area (TPSA) is 12.5 Å². The minimum atomic E-state index is 0.713. The van der Waals surface area contributed by atoms with Crippen LogP contribution in [0.25, 0.3) is 0 Å². The molecular formula is C16H25NO. The molecule has 1 fully saturated rings. The van der Waals surface area contributed by atoms with Crippen molar-refractivity contribution in [1.82, 2.24) is 4.90 Å². The zero-order valence-corrected chi connectivity index (χ0v) is 11.7. The number of hydrogen-bond donors (Lipinski definition) is 0. The first-order valence-corrected chi connectivity index (χ1v) is 7.07. The highest BCUT2D eigenvalue weighted by molar-refractivity contribution is 5.22. The lowest BCUT2D eigenvalue weighted by molar-refractivity contribution is 0.185. The molecule has 100 valence electrons. The second-order valence-electron chi connectivity index (χ2n) is 5.52. The van der Waals surface area contributed by atoms with E-state index >= 15 is 0 Å². The van der Waals surface area contributed by atoms with Crippen molar-refractivity contribution in [2.24, 2.45) is 5.92 Å². The highest BCUT2D eigenvalue weighted by Crippen LogP contribution is 2.16. The molecule has 1 aromatic rings. The molecule has 1 aliphatic rings. The summed E-state index contributed by atoms with van der Waals surface area (Å²) in [6.45, 7) is 6.85. The van der Waals surface area contributed by atoms with Gasteiger partial charge in [0.25, 0.3) is 0 Å². The van der Waals surface area contributed by atoms with Crippen LogP contribution in [0.2, 0.25) is 0 Å². The summed E-state index contributed by atoms with van der Waals surface area (Å²) < 4.78 is 5.12. The van der Waals surface area contributed by atoms with Gasteiger partial charge >= 0.3 is 0 Å². The van der Waals surface area contributed by atoms with E-state index in [1.807, 2.05) is 0 Å². The van der Waals surface area contributed by atoms with Crippen molar-refractivity contribution in [3.8, 4) is 0 Å². The molecule has 0 unspecified atom stereocenters. The van der Waals surface area contributed by atoms with Gasteiger partial charge in [-0.1, -0.05) is 31.2 Å². The third kappa shape index (κ3) is 4.11. The molecule has 0 aliphatic carbocycles. The zero-order valence-electron chi connectivity index (χ0n) is 11.7. The molecule has 0 N–H and O–H groups in total. The maximum absolute atomic E-state index is 5.12. The zero-order chi connectivity index (χ0) is 12.8. The Morgan fingerprint density at radius 2 is 1.72 bits per heavy atom. The molecule has 0 amide bonds. The second-order valence-corrected chi connectivity index (χ2v) is 5.52. The van der Waals surface area contributed by atoms with Crippen LogP contribution in [0.15, 0.2) is 24.3 Å². The summed E-state index contributed by atoms with van der Waals surface area (Å²) in [6, 6.07) is 8.83. The minimum absolute atomic E-state index is 0.713. The summed E-state index contributed by atoms with van der Waals surface area (Å²) in [5, 5.41) is 0. The van der Waals surface area contributed by atoms with Crippen molar-refractivity contribution in [1.29, 1.82) is 0 Å². The van der Waals surface area contributed by atoms with Gasteiger partial charge in [-0.15, -0.1) is 0 Å². The molecule has 0 spiro atoms. The minimum Gasteiger partial charge on any atom is -0.380 e. The van der Waals surface area contributed by atoms with E-state index in [-0.39, 0.29) is 0 Å². The molecule has 1 heterocycles. The quantitative estimate of drug-likeness (QED) is 0.792. The third-order valence-corrected chi connectivity index (χ3v) is 3.93. The van der Waals surface area contributed by atoms with Crippen LogP contribution in [0.5, 0.6) is 0 Å². The Bertz CT molecular complexity index is 339. The third-order valence-electron chi connectivity index (χ3n) is 3.93. The van der Waals surface area contributed by atoms with Crippen LogP contribution < -0.4 is 0 Å². The molecule has 0 atom stereocenters. The number of benzene rings is 1. The number of hydrogen-bond acceptors (Lipinski definition) is 2. The van der Waals surface area contributed by atoms with Crippen molar-refractivity contribution < 1.29 is 4.74 Å². The molecule has 1 aliphatic heterocycles. The molecule has 18 heavy (non-hydrogen) atoms. The van der Waals surface area contributed by atoms with Crippen molar-refractivity contribution in [2.45, 2.75) is 32.8 Å². The van der Waals surface area contributed by atoms with E-state index in [9.17, 15) is 0 Å². The fourth-order valence-corrected chi connectivity index (χ4v) is 2.54. The summed E-state index contributed by atoms with van der Waals surface area (Å²) in [7, 11) is 1.74. The van der Waals surface area contributed by atoms with Crippen molar-refractivity contribution in [2.75, 3.05) is 26.7 Å². The highest BCUT2D eigenvalue weighted by Gasteiger charge is 2.14. The van der Waals surface area contributed by atoms with Gasteiger partial charge in [-0.2, -0.15) is 0 Å². The lowest BCUT2D eigenvalue weighted by atomic mass is 9.99. The van der Waals surface area contributed by atoms with E-state index in [4.69, 9.17) is 4.74 Å². The van der Waals surface area contributed by atoms with Crippen molar-refractivity contribution in [3.63, 3.8) is 0 Å². The Hall–Kier alpha value is -0.860. The van der Waals surface area contributed by atoms with E-state index in [0.717, 1.165) is 5.92 Å². The van der Waals surface area contributed by atoms with E-state index in [1.165, 1.54) is 50.0 Å². The normalized spacial score (nSPS) is 18.1. The molecule has 1 aromatic carbocycles. The van der Waals surface area contributed by atoms with Crippen molar-refractivity contribution in [3.05, 3.63) is 35.4 Å². The summed E-state index contributed by atoms with van der Waals surface area (Å²) >= 11 is 0. The molecule has 0 radical (unpaired) electrons. The molecular weight excluding hydrogens is 222 g/mol. The largest absolute Gasteiger partial charge is 0.380 e. The maximum Gasteiger partial charge on any atom is 0.0713 e. The molecule has 2 rings (SSSR count). The first kappa shape index (κ1) is 13.6. The van der Waals surface area contributed by atoms with Gasteiger partial charge in [0.05, 0.1) is 6.61 Å². The predicted octanol–water partition coefficient (Wildman–Crippen LogP) is 3.11. The van der Waals surface area contributed by atoms with E-state index in [0.29, 0.717) is 6.61 Å². The number of likely N-dealkylation sites (tertiary alicyclic amines) is 1. The first-order valence-electron chi connectivity index (χ1n) is 7.07. The average molecular weight is 247 g/mol. The van der Waals surface area contributed by atoms with Crippen LogP contribution in [-0.4, -0.2) is 31.6 Å². The highest BCUT2D eigenvalue weighted by atomic mass is 16.5. The molecule has 0 aromatic heterocycles. The van der Waals surface area contributed by atoms with E-state index < -0.39 is 0 Å². The van der Waals surface area contributed by atoms with Crippen LogP contribution in [-0.2, 0) is 17.8 Å². The lowest BCUT2D eigenvalue weighted by Crippen LogP contribution is -2.34. The van der Waals surface area contributed by atoms with Gasteiger partial charge in [-0.05, 0) is 49.4 Å². The smallest absolute Gasteiger partial charge is 0.0713 e. The van der Waals surface area contributed by atoms with Gasteiger partial charge < -0.3 is 9.64 Å². The maximum atomic E-state index is 5.12. The first-order chi connectivity index (χ1) is 8.78. The number of rotatable bonds is 5. The van der Waals surface area contributed by atoms with Gasteiger partial charge in [0.2, 0.25) is 0 Å². The Labute approximate surface area is 111 Å². The average Bonchev–Trinajstić information content (AvgIpc) is 2.40. The Morgan fingerprint density at radius 1 is 1.11 bits per heavy atom. The van der Waals surface area contributed by atoms with Crippen LogP contribution in [0.1, 0.15) is 30.9 Å². The molecule has 2 heteroatoms. The van der Waals surface area contributed by atoms with Crippen LogP contribution >= 0.6 is 0 Å².